The molecule has 0 fully saturated rings. The molecule has 0 bridgehead atoms. The third-order valence-corrected chi connectivity index (χ3v) is 12.7. The van der Waals surface area contributed by atoms with Gasteiger partial charge in [-0.25, -0.2) is 0 Å². The molecule has 0 aromatic heterocycles. The van der Waals surface area contributed by atoms with Crippen LogP contribution in [0.25, 0.3) is 44.5 Å². The number of hydrogen-bond donors (Lipinski definition) is 0. The molecule has 0 heterocycles. The molecule has 2 aliphatic rings. The maximum atomic E-state index is 8.75. The van der Waals surface area contributed by atoms with Crippen molar-refractivity contribution in [3.05, 3.63) is 277 Å². The van der Waals surface area contributed by atoms with Gasteiger partial charge < -0.3 is 9.80 Å². The van der Waals surface area contributed by atoms with Crippen LogP contribution in [0.2, 0.25) is 0 Å². The molecule has 1 unspecified atom stereocenters. The highest BCUT2D eigenvalue weighted by Crippen LogP contribution is 2.64. The summed E-state index contributed by atoms with van der Waals surface area (Å²) < 4.78 is 42.5. The Morgan fingerprint density at radius 3 is 1.29 bits per heavy atom. The van der Waals surface area contributed by atoms with Crippen molar-refractivity contribution in [3.8, 4) is 44.5 Å². The van der Waals surface area contributed by atoms with E-state index in [4.69, 9.17) is 6.85 Å². The van der Waals surface area contributed by atoms with Gasteiger partial charge in [-0.05, 0) is 128 Å². The van der Waals surface area contributed by atoms with Crippen LogP contribution in [-0.4, -0.2) is 0 Å². The number of benzene rings is 10. The largest absolute Gasteiger partial charge is 0.310 e. The third kappa shape index (κ3) is 5.87. The summed E-state index contributed by atoms with van der Waals surface area (Å²) in [5, 5.41) is 0. The van der Waals surface area contributed by atoms with E-state index in [0.717, 1.165) is 45.3 Å². The zero-order chi connectivity index (χ0) is 46.1. The van der Waals surface area contributed by atoms with Crippen LogP contribution < -0.4 is 9.80 Å². The number of para-hydroxylation sites is 3. The van der Waals surface area contributed by atoms with Crippen LogP contribution in [0.3, 0.4) is 0 Å². The first-order chi connectivity index (χ1) is 33.3. The van der Waals surface area contributed by atoms with Crippen molar-refractivity contribution < 1.29 is 6.85 Å². The first-order valence-electron chi connectivity index (χ1n) is 23.9. The number of fused-ring (bicyclic) bond motifs is 10. The summed E-state index contributed by atoms with van der Waals surface area (Å²) in [6, 6.07) is 77.7. The summed E-state index contributed by atoms with van der Waals surface area (Å²) in [4.78, 5) is 4.63. The molecule has 0 saturated heterocycles. The summed E-state index contributed by atoms with van der Waals surface area (Å²) in [5.41, 5.74) is 17.8. The lowest BCUT2D eigenvalue weighted by atomic mass is 9.70. The zero-order valence-corrected chi connectivity index (χ0v) is 34.3. The number of nitrogens with zero attached hydrogens (tertiary/aromatic N) is 2. The highest BCUT2D eigenvalue weighted by Gasteiger charge is 2.52. The molecule has 2 nitrogen and oxygen atoms in total. The van der Waals surface area contributed by atoms with Crippen LogP contribution in [0, 0.1) is 0 Å². The molecule has 0 N–H and O–H groups in total. The van der Waals surface area contributed by atoms with Gasteiger partial charge in [0.25, 0.3) is 0 Å². The number of hydrogen-bond acceptors (Lipinski definition) is 2. The second-order valence-electron chi connectivity index (χ2n) is 16.1. The van der Waals surface area contributed by atoms with Crippen molar-refractivity contribution in [2.24, 2.45) is 0 Å². The average Bonchev–Trinajstić information content (AvgIpc) is 3.86. The zero-order valence-electron chi connectivity index (χ0n) is 39.3. The fraction of sp³-hybridized carbons (Fsp3) is 0.0164. The van der Waals surface area contributed by atoms with Crippen molar-refractivity contribution in [1.82, 2.24) is 0 Å². The van der Waals surface area contributed by atoms with E-state index in [2.05, 4.69) is 204 Å². The lowest BCUT2D eigenvalue weighted by molar-refractivity contribution is 0.793. The van der Waals surface area contributed by atoms with E-state index in [-0.39, 0.29) is 29.7 Å². The summed E-state index contributed by atoms with van der Waals surface area (Å²) in [7, 11) is 0. The molecule has 1 atom stereocenters. The molecule has 10 aromatic rings. The Kier molecular flexibility index (Phi) is 7.56. The molecule has 296 valence electrons. The normalized spacial score (nSPS) is 15.2. The average molecular weight is 808 g/mol. The Bertz CT molecular complexity index is 3500. The van der Waals surface area contributed by atoms with E-state index in [1.54, 1.807) is 0 Å². The predicted octanol–water partition coefficient (Wildman–Crippen LogP) is 16.3. The first-order valence-corrected chi connectivity index (χ1v) is 21.4. The SMILES string of the molecule is [2H]c1c([2H])c([2H])c(-c2ccc(N(c3ccc4c(c3)C3(c5ccccc5-c5ccc(N(c6ccccc6)c6ccccc6)cc53)c3ccccc3-4)c3ccccc3-c3ccccc3)cc2)c([2H])c1[2H]. The van der Waals surface area contributed by atoms with E-state index in [9.17, 15) is 0 Å². The quantitative estimate of drug-likeness (QED) is 0.151. The molecule has 0 amide bonds. The monoisotopic (exact) mass is 807 g/mol. The minimum absolute atomic E-state index is 0.173. The van der Waals surface area contributed by atoms with Gasteiger partial charge in [0.2, 0.25) is 0 Å². The van der Waals surface area contributed by atoms with Crippen LogP contribution in [0.4, 0.5) is 34.1 Å². The Morgan fingerprint density at radius 1 is 0.286 bits per heavy atom. The van der Waals surface area contributed by atoms with Gasteiger partial charge in [-0.3, -0.25) is 0 Å². The fourth-order valence-electron chi connectivity index (χ4n) is 10.1. The first kappa shape index (κ1) is 31.6. The molecule has 63 heavy (non-hydrogen) atoms. The molecule has 10 aromatic carbocycles. The van der Waals surface area contributed by atoms with Crippen LogP contribution in [0.15, 0.2) is 255 Å². The maximum Gasteiger partial charge on any atom is 0.0727 e. The molecule has 0 saturated carbocycles. The third-order valence-electron chi connectivity index (χ3n) is 12.7. The molecular weight excluding hydrogens is 761 g/mol. The van der Waals surface area contributed by atoms with Crippen LogP contribution in [0.1, 0.15) is 29.1 Å². The van der Waals surface area contributed by atoms with E-state index in [1.165, 1.54) is 44.5 Å². The van der Waals surface area contributed by atoms with E-state index < -0.39 is 11.5 Å². The van der Waals surface area contributed by atoms with Crippen molar-refractivity contribution in [2.45, 2.75) is 5.41 Å². The van der Waals surface area contributed by atoms with Gasteiger partial charge in [-0.15, -0.1) is 0 Å². The molecule has 2 heteroatoms. The van der Waals surface area contributed by atoms with Crippen LogP contribution in [-0.2, 0) is 5.41 Å². The summed E-state index contributed by atoms with van der Waals surface area (Å²) in [6.07, 6.45) is 0. The molecule has 0 aliphatic heterocycles. The van der Waals surface area contributed by atoms with E-state index in [0.29, 0.717) is 5.56 Å². The van der Waals surface area contributed by atoms with Crippen molar-refractivity contribution >= 4 is 34.1 Å². The molecule has 0 radical (unpaired) electrons. The molecular formula is C61H42N2. The van der Waals surface area contributed by atoms with Gasteiger partial charge in [-0.1, -0.05) is 188 Å². The fourth-order valence-corrected chi connectivity index (χ4v) is 10.1. The maximum absolute atomic E-state index is 8.75. The standard InChI is InChI=1S/C61H42N2/c1-5-19-43(20-6-1)44-33-35-48(36-34-44)63(60-32-18-15-27-51(60)45-21-7-2-8-22-45)50-38-40-55-53-29-14-17-31-57(53)61(59(55)42-50)56-30-16-13-28-52(56)54-39-37-49(41-58(54)61)62(46-23-9-3-10-24-46)47-25-11-4-12-26-47/h1-42H/i1D,5D,6D,19D,20D. The highest BCUT2D eigenvalue weighted by atomic mass is 15.1. The highest BCUT2D eigenvalue weighted by molar-refractivity contribution is 5.98. The Hall–Kier alpha value is -8.20. The van der Waals surface area contributed by atoms with Gasteiger partial charge >= 0.3 is 0 Å². The van der Waals surface area contributed by atoms with Gasteiger partial charge in [0.1, 0.15) is 0 Å². The number of rotatable bonds is 8. The van der Waals surface area contributed by atoms with Crippen LogP contribution >= 0.6 is 0 Å². The second kappa shape index (κ2) is 15.1. The molecule has 1 spiro atoms. The predicted molar refractivity (Wildman–Crippen MR) is 263 cm³/mol. The van der Waals surface area contributed by atoms with Gasteiger partial charge in [0.05, 0.1) is 18.0 Å². The smallest absolute Gasteiger partial charge is 0.0727 e. The van der Waals surface area contributed by atoms with E-state index in [1.807, 2.05) is 30.3 Å². The van der Waals surface area contributed by atoms with Crippen molar-refractivity contribution in [3.63, 3.8) is 0 Å². The lowest BCUT2D eigenvalue weighted by Crippen LogP contribution is -2.26. The minimum atomic E-state index is -0.668. The van der Waals surface area contributed by atoms with E-state index >= 15 is 0 Å². The van der Waals surface area contributed by atoms with Crippen molar-refractivity contribution in [1.29, 1.82) is 0 Å². The van der Waals surface area contributed by atoms with Crippen LogP contribution in [0.5, 0.6) is 0 Å². The second-order valence-corrected chi connectivity index (χ2v) is 16.1. The summed E-state index contributed by atoms with van der Waals surface area (Å²) in [5.74, 6) is 0. The molecule has 2 aliphatic carbocycles. The Morgan fingerprint density at radius 2 is 0.714 bits per heavy atom. The minimum Gasteiger partial charge on any atom is -0.310 e. The van der Waals surface area contributed by atoms with Gasteiger partial charge in [-0.2, -0.15) is 0 Å². The van der Waals surface area contributed by atoms with Gasteiger partial charge in [0.15, 0.2) is 0 Å². The number of anilines is 6. The molecule has 12 rings (SSSR count). The lowest BCUT2D eigenvalue weighted by Gasteiger charge is -2.33. The van der Waals surface area contributed by atoms with Gasteiger partial charge in [0, 0.05) is 34.0 Å². The Balaban J connectivity index is 1.10. The Labute approximate surface area is 376 Å². The van der Waals surface area contributed by atoms with Crippen molar-refractivity contribution in [2.75, 3.05) is 9.80 Å². The topological polar surface area (TPSA) is 6.48 Å². The summed E-state index contributed by atoms with van der Waals surface area (Å²) >= 11 is 0. The summed E-state index contributed by atoms with van der Waals surface area (Å²) in [6.45, 7) is 0.